The number of benzene rings is 1. The average Bonchev–Trinajstić information content (AvgIpc) is 2.80. The summed E-state index contributed by atoms with van der Waals surface area (Å²) in [6.07, 6.45) is 5.44. The average molecular weight is 279 g/mol. The molecule has 1 N–H and O–H groups in total. The van der Waals surface area contributed by atoms with Crippen molar-refractivity contribution in [2.75, 3.05) is 13.7 Å². The van der Waals surface area contributed by atoms with E-state index in [1.165, 1.54) is 13.5 Å². The first kappa shape index (κ1) is 15.3. The SMILES string of the molecule is CCCNC1CCC(C)(Cc2cccc(OC)c2F)C1. The quantitative estimate of drug-likeness (QED) is 0.851. The maximum Gasteiger partial charge on any atom is 0.168 e. The predicted molar refractivity (Wildman–Crippen MR) is 80.7 cm³/mol. The van der Waals surface area contributed by atoms with Gasteiger partial charge in [-0.25, -0.2) is 4.39 Å². The minimum absolute atomic E-state index is 0.193. The second kappa shape index (κ2) is 6.57. The van der Waals surface area contributed by atoms with Crippen LogP contribution in [0, 0.1) is 11.2 Å². The van der Waals surface area contributed by atoms with Crippen molar-refractivity contribution in [2.45, 2.75) is 52.0 Å². The van der Waals surface area contributed by atoms with E-state index in [1.807, 2.05) is 12.1 Å². The Bertz CT molecular complexity index is 449. The number of rotatable bonds is 6. The summed E-state index contributed by atoms with van der Waals surface area (Å²) in [5.74, 6) is 0.158. The molecule has 2 rings (SSSR count). The van der Waals surface area contributed by atoms with E-state index >= 15 is 0 Å². The summed E-state index contributed by atoms with van der Waals surface area (Å²) in [7, 11) is 1.52. The van der Waals surface area contributed by atoms with Gasteiger partial charge in [-0.2, -0.15) is 0 Å². The predicted octanol–water partition coefficient (Wildman–Crippen LogP) is 3.94. The molecule has 1 aromatic carbocycles. The van der Waals surface area contributed by atoms with E-state index < -0.39 is 0 Å². The van der Waals surface area contributed by atoms with Crippen LogP contribution in [0.25, 0.3) is 0 Å². The molecule has 0 saturated heterocycles. The molecule has 2 atom stereocenters. The number of halogens is 1. The fourth-order valence-corrected chi connectivity index (χ4v) is 3.32. The highest BCUT2D eigenvalue weighted by atomic mass is 19.1. The van der Waals surface area contributed by atoms with Gasteiger partial charge in [0.15, 0.2) is 11.6 Å². The lowest BCUT2D eigenvalue weighted by Crippen LogP contribution is -2.29. The molecule has 0 radical (unpaired) electrons. The highest BCUT2D eigenvalue weighted by molar-refractivity contribution is 5.31. The van der Waals surface area contributed by atoms with Crippen LogP contribution in [0.4, 0.5) is 4.39 Å². The zero-order valence-electron chi connectivity index (χ0n) is 12.8. The summed E-state index contributed by atoms with van der Waals surface area (Å²) in [4.78, 5) is 0. The van der Waals surface area contributed by atoms with Gasteiger partial charge in [-0.3, -0.25) is 0 Å². The van der Waals surface area contributed by atoms with Crippen LogP contribution in [0.2, 0.25) is 0 Å². The topological polar surface area (TPSA) is 21.3 Å². The number of hydrogen-bond donors (Lipinski definition) is 1. The molecule has 1 aliphatic rings. The Kier molecular flexibility index (Phi) is 5.03. The molecule has 0 bridgehead atoms. The zero-order chi connectivity index (χ0) is 14.6. The Balaban J connectivity index is 2.03. The van der Waals surface area contributed by atoms with Crippen molar-refractivity contribution < 1.29 is 9.13 Å². The molecule has 2 nitrogen and oxygen atoms in total. The van der Waals surface area contributed by atoms with Crippen LogP contribution < -0.4 is 10.1 Å². The van der Waals surface area contributed by atoms with Crippen LogP contribution in [0.15, 0.2) is 18.2 Å². The van der Waals surface area contributed by atoms with Crippen molar-refractivity contribution in [3.8, 4) is 5.75 Å². The van der Waals surface area contributed by atoms with E-state index in [1.54, 1.807) is 6.07 Å². The molecule has 112 valence electrons. The highest BCUT2D eigenvalue weighted by Gasteiger charge is 2.35. The molecule has 3 heteroatoms. The van der Waals surface area contributed by atoms with Gasteiger partial charge in [-0.1, -0.05) is 26.0 Å². The van der Waals surface area contributed by atoms with E-state index in [0.29, 0.717) is 11.8 Å². The largest absolute Gasteiger partial charge is 0.494 e. The monoisotopic (exact) mass is 279 g/mol. The fourth-order valence-electron chi connectivity index (χ4n) is 3.32. The lowest BCUT2D eigenvalue weighted by atomic mass is 9.81. The molecule has 0 spiro atoms. The van der Waals surface area contributed by atoms with Gasteiger partial charge >= 0.3 is 0 Å². The lowest BCUT2D eigenvalue weighted by Gasteiger charge is -2.25. The summed E-state index contributed by atoms with van der Waals surface area (Å²) in [5.41, 5.74) is 0.974. The Hall–Kier alpha value is -1.09. The number of ether oxygens (including phenoxy) is 1. The van der Waals surface area contributed by atoms with E-state index in [4.69, 9.17) is 4.74 Å². The van der Waals surface area contributed by atoms with Crippen LogP contribution in [0.1, 0.15) is 45.1 Å². The van der Waals surface area contributed by atoms with Crippen LogP contribution in [0.3, 0.4) is 0 Å². The smallest absolute Gasteiger partial charge is 0.168 e. The maximum atomic E-state index is 14.3. The van der Waals surface area contributed by atoms with Gasteiger partial charge < -0.3 is 10.1 Å². The Labute approximate surface area is 121 Å². The highest BCUT2D eigenvalue weighted by Crippen LogP contribution is 2.41. The van der Waals surface area contributed by atoms with Crippen LogP contribution in [-0.4, -0.2) is 19.7 Å². The Morgan fingerprint density at radius 1 is 1.45 bits per heavy atom. The molecule has 1 saturated carbocycles. The second-order valence-corrected chi connectivity index (χ2v) is 6.31. The van der Waals surface area contributed by atoms with Gasteiger partial charge in [0, 0.05) is 6.04 Å². The molecule has 2 unspecified atom stereocenters. The van der Waals surface area contributed by atoms with Gasteiger partial charge in [0.05, 0.1) is 7.11 Å². The van der Waals surface area contributed by atoms with Crippen molar-refractivity contribution >= 4 is 0 Å². The van der Waals surface area contributed by atoms with Crippen molar-refractivity contribution in [3.63, 3.8) is 0 Å². The number of nitrogens with one attached hydrogen (secondary N) is 1. The van der Waals surface area contributed by atoms with E-state index in [2.05, 4.69) is 19.2 Å². The van der Waals surface area contributed by atoms with Gasteiger partial charge in [-0.15, -0.1) is 0 Å². The molecule has 0 heterocycles. The second-order valence-electron chi connectivity index (χ2n) is 6.31. The molecule has 1 fully saturated rings. The molecule has 0 amide bonds. The van der Waals surface area contributed by atoms with Gasteiger partial charge in [0.2, 0.25) is 0 Å². The third-order valence-corrected chi connectivity index (χ3v) is 4.40. The number of hydrogen-bond acceptors (Lipinski definition) is 2. The van der Waals surface area contributed by atoms with Crippen molar-refractivity contribution in [3.05, 3.63) is 29.6 Å². The first-order valence-electron chi connectivity index (χ1n) is 7.63. The van der Waals surface area contributed by atoms with Crippen molar-refractivity contribution in [1.29, 1.82) is 0 Å². The third kappa shape index (κ3) is 3.51. The lowest BCUT2D eigenvalue weighted by molar-refractivity contribution is 0.313. The van der Waals surface area contributed by atoms with Crippen LogP contribution >= 0.6 is 0 Å². The van der Waals surface area contributed by atoms with Gasteiger partial charge in [0.1, 0.15) is 0 Å². The van der Waals surface area contributed by atoms with E-state index in [-0.39, 0.29) is 11.2 Å². The molecule has 0 aromatic heterocycles. The number of methoxy groups -OCH3 is 1. The first-order valence-corrected chi connectivity index (χ1v) is 7.63. The minimum atomic E-state index is -0.193. The molecular weight excluding hydrogens is 253 g/mol. The first-order chi connectivity index (χ1) is 9.58. The summed E-state index contributed by atoms with van der Waals surface area (Å²) in [6.45, 7) is 5.54. The summed E-state index contributed by atoms with van der Waals surface area (Å²) in [6, 6.07) is 6.04. The normalized spacial score (nSPS) is 25.9. The molecular formula is C17H26FNO. The summed E-state index contributed by atoms with van der Waals surface area (Å²) < 4.78 is 19.3. The maximum absolute atomic E-state index is 14.3. The molecule has 1 aliphatic carbocycles. The van der Waals surface area contributed by atoms with Crippen molar-refractivity contribution in [2.24, 2.45) is 5.41 Å². The minimum Gasteiger partial charge on any atom is -0.494 e. The fraction of sp³-hybridized carbons (Fsp3) is 0.647. The zero-order valence-corrected chi connectivity index (χ0v) is 12.8. The van der Waals surface area contributed by atoms with E-state index in [9.17, 15) is 4.39 Å². The molecule has 0 aliphatic heterocycles. The third-order valence-electron chi connectivity index (χ3n) is 4.40. The Morgan fingerprint density at radius 3 is 2.95 bits per heavy atom. The summed E-state index contributed by atoms with van der Waals surface area (Å²) >= 11 is 0. The summed E-state index contributed by atoms with van der Waals surface area (Å²) in [5, 5.41) is 3.59. The van der Waals surface area contributed by atoms with Crippen LogP contribution in [-0.2, 0) is 6.42 Å². The molecule has 20 heavy (non-hydrogen) atoms. The van der Waals surface area contributed by atoms with Gasteiger partial charge in [-0.05, 0) is 55.7 Å². The van der Waals surface area contributed by atoms with Gasteiger partial charge in [0.25, 0.3) is 0 Å². The molecule has 1 aromatic rings. The van der Waals surface area contributed by atoms with Crippen LogP contribution in [0.5, 0.6) is 5.75 Å². The Morgan fingerprint density at radius 2 is 2.25 bits per heavy atom. The van der Waals surface area contributed by atoms with E-state index in [0.717, 1.165) is 37.8 Å². The standard InChI is InChI=1S/C17H26FNO/c1-4-10-19-14-8-9-17(2,12-14)11-13-6-5-7-15(20-3)16(13)18/h5-7,14,19H,4,8-12H2,1-3H3. The van der Waals surface area contributed by atoms with Crippen molar-refractivity contribution in [1.82, 2.24) is 5.32 Å².